The Bertz CT molecular complexity index is 1250. The first-order chi connectivity index (χ1) is 15.2. The lowest BCUT2D eigenvalue weighted by Gasteiger charge is -2.20. The lowest BCUT2D eigenvalue weighted by Crippen LogP contribution is -2.26. The van der Waals surface area contributed by atoms with Crippen molar-refractivity contribution in [2.75, 3.05) is 28.5 Å². The van der Waals surface area contributed by atoms with Crippen LogP contribution in [0.25, 0.3) is 0 Å². The van der Waals surface area contributed by atoms with Crippen molar-refractivity contribution in [1.82, 2.24) is 0 Å². The Morgan fingerprint density at radius 1 is 1.03 bits per heavy atom. The van der Waals surface area contributed by atoms with Crippen molar-refractivity contribution in [2.24, 2.45) is 0 Å². The highest BCUT2D eigenvalue weighted by atomic mass is 32.2. The van der Waals surface area contributed by atoms with Crippen molar-refractivity contribution >= 4 is 38.7 Å². The monoisotopic (exact) mass is 454 g/mol. The number of non-ortho nitro benzene ring substituents is 1. The summed E-state index contributed by atoms with van der Waals surface area (Å²) in [5.74, 6) is -0.428. The number of sulfonamides is 1. The molecule has 0 aliphatic carbocycles. The molecule has 0 heterocycles. The summed E-state index contributed by atoms with van der Waals surface area (Å²) in [6, 6.07) is 19.0. The second kappa shape index (κ2) is 9.48. The van der Waals surface area contributed by atoms with Gasteiger partial charge in [0.2, 0.25) is 5.91 Å². The van der Waals surface area contributed by atoms with E-state index in [4.69, 9.17) is 0 Å². The Kier molecular flexibility index (Phi) is 6.74. The molecule has 10 heteroatoms. The highest BCUT2D eigenvalue weighted by Gasteiger charge is 2.21. The van der Waals surface area contributed by atoms with Gasteiger partial charge in [0.05, 0.1) is 27.7 Å². The molecule has 32 heavy (non-hydrogen) atoms. The smallest absolute Gasteiger partial charge is 0.271 e. The van der Waals surface area contributed by atoms with Crippen LogP contribution in [-0.4, -0.2) is 32.8 Å². The maximum absolute atomic E-state index is 13.0. The highest BCUT2D eigenvalue weighted by molar-refractivity contribution is 7.92. The SMILES string of the molecule is Cc1ccc([N+](=O)[O-])cc1NC(=O)CNc1cccc(S(=O)(=O)N(C)c2ccccc2)c1. The minimum Gasteiger partial charge on any atom is -0.376 e. The second-order valence-corrected chi connectivity index (χ2v) is 8.96. The van der Waals surface area contributed by atoms with Crippen LogP contribution in [0, 0.1) is 17.0 Å². The third kappa shape index (κ3) is 5.22. The average molecular weight is 455 g/mol. The third-order valence-corrected chi connectivity index (χ3v) is 6.55. The number of rotatable bonds is 8. The molecule has 0 aliphatic heterocycles. The van der Waals surface area contributed by atoms with Gasteiger partial charge >= 0.3 is 0 Å². The van der Waals surface area contributed by atoms with Crippen molar-refractivity contribution in [2.45, 2.75) is 11.8 Å². The zero-order chi connectivity index (χ0) is 23.3. The molecule has 0 spiro atoms. The molecule has 0 unspecified atom stereocenters. The molecule has 0 aliphatic rings. The van der Waals surface area contributed by atoms with Gasteiger partial charge in [-0.3, -0.25) is 19.2 Å². The van der Waals surface area contributed by atoms with Crippen LogP contribution < -0.4 is 14.9 Å². The fourth-order valence-corrected chi connectivity index (χ4v) is 4.18. The van der Waals surface area contributed by atoms with Crippen LogP contribution in [0.4, 0.5) is 22.7 Å². The van der Waals surface area contributed by atoms with Gasteiger partial charge in [-0.15, -0.1) is 0 Å². The Hall–Kier alpha value is -3.92. The van der Waals surface area contributed by atoms with Gasteiger partial charge < -0.3 is 10.6 Å². The fourth-order valence-electron chi connectivity index (χ4n) is 2.94. The van der Waals surface area contributed by atoms with E-state index in [1.165, 1.54) is 35.6 Å². The van der Waals surface area contributed by atoms with E-state index in [0.717, 1.165) is 0 Å². The first-order valence-corrected chi connectivity index (χ1v) is 11.1. The molecule has 3 rings (SSSR count). The van der Waals surface area contributed by atoms with Crippen LogP contribution in [0.5, 0.6) is 0 Å². The molecule has 0 radical (unpaired) electrons. The van der Waals surface area contributed by atoms with E-state index in [1.807, 2.05) is 0 Å². The van der Waals surface area contributed by atoms with Gasteiger partial charge in [-0.05, 0) is 42.8 Å². The summed E-state index contributed by atoms with van der Waals surface area (Å²) in [6.45, 7) is 1.57. The summed E-state index contributed by atoms with van der Waals surface area (Å²) >= 11 is 0. The molecule has 0 fully saturated rings. The number of nitrogens with one attached hydrogen (secondary N) is 2. The van der Waals surface area contributed by atoms with Crippen molar-refractivity contribution in [1.29, 1.82) is 0 Å². The molecule has 0 aromatic heterocycles. The number of aryl methyl sites for hydroxylation is 1. The number of amides is 1. The quantitative estimate of drug-likeness (QED) is 0.395. The lowest BCUT2D eigenvalue weighted by molar-refractivity contribution is -0.384. The Balaban J connectivity index is 1.69. The molecule has 1 amide bonds. The summed E-state index contributed by atoms with van der Waals surface area (Å²) in [6.07, 6.45) is 0. The normalized spacial score (nSPS) is 10.9. The lowest BCUT2D eigenvalue weighted by atomic mass is 10.2. The molecule has 3 aromatic carbocycles. The number of carbonyl (C=O) groups excluding carboxylic acids is 1. The molecule has 166 valence electrons. The van der Waals surface area contributed by atoms with Gasteiger partial charge in [0.15, 0.2) is 0 Å². The number of carbonyl (C=O) groups is 1. The summed E-state index contributed by atoms with van der Waals surface area (Å²) in [4.78, 5) is 22.8. The van der Waals surface area contributed by atoms with Crippen molar-refractivity contribution in [3.8, 4) is 0 Å². The zero-order valence-electron chi connectivity index (χ0n) is 17.5. The van der Waals surface area contributed by atoms with Gasteiger partial charge in [0, 0.05) is 24.9 Å². The molecule has 2 N–H and O–H groups in total. The minimum absolute atomic E-state index is 0.0730. The number of nitrogens with zero attached hydrogens (tertiary/aromatic N) is 2. The highest BCUT2D eigenvalue weighted by Crippen LogP contribution is 2.24. The fraction of sp³-hybridized carbons (Fsp3) is 0.136. The van der Waals surface area contributed by atoms with Crippen molar-refractivity contribution in [3.63, 3.8) is 0 Å². The van der Waals surface area contributed by atoms with E-state index in [2.05, 4.69) is 10.6 Å². The number of nitro benzene ring substituents is 1. The topological polar surface area (TPSA) is 122 Å². The van der Waals surface area contributed by atoms with Crippen LogP contribution in [0.1, 0.15) is 5.56 Å². The summed E-state index contributed by atoms with van der Waals surface area (Å²) in [5.41, 5.74) is 1.86. The molecule has 3 aromatic rings. The predicted octanol–water partition coefficient (Wildman–Crippen LogP) is 3.78. The summed E-state index contributed by atoms with van der Waals surface area (Å²) < 4.78 is 27.1. The first kappa shape index (κ1) is 22.8. The standard InChI is InChI=1S/C22H22N4O5S/c1-16-11-12-19(26(28)29)14-21(16)24-22(27)15-23-17-7-6-10-20(13-17)32(30,31)25(2)18-8-4-3-5-9-18/h3-14,23H,15H2,1-2H3,(H,24,27). The number of para-hydroxylation sites is 1. The van der Waals surface area contributed by atoms with Gasteiger partial charge in [0.1, 0.15) is 0 Å². The average Bonchev–Trinajstić information content (AvgIpc) is 2.79. The zero-order valence-corrected chi connectivity index (χ0v) is 18.3. The number of nitro groups is 1. The molecule has 0 saturated carbocycles. The summed E-state index contributed by atoms with van der Waals surface area (Å²) in [7, 11) is -2.32. The maximum atomic E-state index is 13.0. The van der Waals surface area contributed by atoms with Crippen LogP contribution in [0.15, 0.2) is 77.7 Å². The third-order valence-electron chi connectivity index (χ3n) is 4.77. The van der Waals surface area contributed by atoms with E-state index >= 15 is 0 Å². The minimum atomic E-state index is -3.79. The second-order valence-electron chi connectivity index (χ2n) is 6.99. The number of anilines is 3. The number of hydrogen-bond donors (Lipinski definition) is 2. The van der Waals surface area contributed by atoms with Crippen LogP contribution in [-0.2, 0) is 14.8 Å². The van der Waals surface area contributed by atoms with Gasteiger partial charge in [0.25, 0.3) is 15.7 Å². The van der Waals surface area contributed by atoms with Crippen molar-refractivity contribution in [3.05, 3.63) is 88.5 Å². The van der Waals surface area contributed by atoms with E-state index < -0.39 is 20.9 Å². The Morgan fingerprint density at radius 3 is 2.44 bits per heavy atom. The van der Waals surface area contributed by atoms with Crippen molar-refractivity contribution < 1.29 is 18.1 Å². The largest absolute Gasteiger partial charge is 0.376 e. The van der Waals surface area contributed by atoms with Gasteiger partial charge in [-0.1, -0.05) is 30.3 Å². The maximum Gasteiger partial charge on any atom is 0.271 e. The van der Waals surface area contributed by atoms with Crippen LogP contribution >= 0.6 is 0 Å². The Morgan fingerprint density at radius 2 is 1.75 bits per heavy atom. The van der Waals surface area contributed by atoms with E-state index in [9.17, 15) is 23.3 Å². The molecule has 9 nitrogen and oxygen atoms in total. The van der Waals surface area contributed by atoms with Gasteiger partial charge in [-0.25, -0.2) is 8.42 Å². The number of hydrogen-bond acceptors (Lipinski definition) is 6. The van der Waals surface area contributed by atoms with E-state index in [0.29, 0.717) is 22.6 Å². The predicted molar refractivity (Wildman–Crippen MR) is 123 cm³/mol. The first-order valence-electron chi connectivity index (χ1n) is 9.61. The van der Waals surface area contributed by atoms with Crippen LogP contribution in [0.3, 0.4) is 0 Å². The van der Waals surface area contributed by atoms with E-state index in [1.54, 1.807) is 55.5 Å². The molecular weight excluding hydrogens is 432 g/mol. The Labute approximate surface area is 185 Å². The van der Waals surface area contributed by atoms with E-state index in [-0.39, 0.29) is 17.1 Å². The van der Waals surface area contributed by atoms with Crippen LogP contribution in [0.2, 0.25) is 0 Å². The molecular formula is C22H22N4O5S. The van der Waals surface area contributed by atoms with Gasteiger partial charge in [-0.2, -0.15) is 0 Å². The molecule has 0 bridgehead atoms. The molecule has 0 saturated heterocycles. The molecule has 0 atom stereocenters. The summed E-state index contributed by atoms with van der Waals surface area (Å²) in [5, 5.41) is 16.5. The number of benzene rings is 3.